The third kappa shape index (κ3) is 2.72. The van der Waals surface area contributed by atoms with Crippen LogP contribution in [0.15, 0.2) is 12.1 Å². The average molecular weight is 374 g/mol. The number of carbonyl (C=O) groups excluding carboxylic acids is 2. The summed E-state index contributed by atoms with van der Waals surface area (Å²) in [4.78, 5) is 26.5. The van der Waals surface area contributed by atoms with E-state index in [0.29, 0.717) is 22.0 Å². The van der Waals surface area contributed by atoms with E-state index in [1.807, 2.05) is 13.0 Å². The lowest BCUT2D eigenvalue weighted by atomic mass is 9.86. The molecule has 2 aliphatic heterocycles. The molecule has 3 heterocycles. The van der Waals surface area contributed by atoms with Crippen LogP contribution < -0.4 is 16.0 Å². The standard InChI is InChI=1S/C18H20ClN5O2/c1-9-16(19)17(23-22-9)11-7-15(25)21-13-8-14(24-4-2-3-5-24)12(18(20)26)6-10(11)13/h6,8,11H,2-5,7H2,1H3,(H2,20,26)(H,21,25)(H,22,23). The van der Waals surface area contributed by atoms with Crippen molar-refractivity contribution >= 4 is 34.8 Å². The first-order valence-corrected chi connectivity index (χ1v) is 9.06. The van der Waals surface area contributed by atoms with Gasteiger partial charge >= 0.3 is 0 Å². The number of nitrogens with zero attached hydrogens (tertiary/aromatic N) is 2. The topological polar surface area (TPSA) is 104 Å². The summed E-state index contributed by atoms with van der Waals surface area (Å²) in [6, 6.07) is 3.65. The van der Waals surface area contributed by atoms with E-state index in [0.717, 1.165) is 42.9 Å². The van der Waals surface area contributed by atoms with E-state index >= 15 is 0 Å². The van der Waals surface area contributed by atoms with E-state index in [9.17, 15) is 9.59 Å². The van der Waals surface area contributed by atoms with Gasteiger partial charge in [0.15, 0.2) is 0 Å². The molecule has 1 fully saturated rings. The Labute approximate surface area is 155 Å². The molecule has 0 saturated carbocycles. The number of amides is 2. The Bertz CT molecular complexity index is 901. The van der Waals surface area contributed by atoms with Crippen LogP contribution in [0.3, 0.4) is 0 Å². The van der Waals surface area contributed by atoms with Crippen LogP contribution in [0.4, 0.5) is 11.4 Å². The number of fused-ring (bicyclic) bond motifs is 1. The van der Waals surface area contributed by atoms with Gasteiger partial charge in [-0.1, -0.05) is 11.6 Å². The number of halogens is 1. The van der Waals surface area contributed by atoms with E-state index < -0.39 is 5.91 Å². The summed E-state index contributed by atoms with van der Waals surface area (Å²) < 4.78 is 0. The fraction of sp³-hybridized carbons (Fsp3) is 0.389. The van der Waals surface area contributed by atoms with Crippen molar-refractivity contribution in [3.05, 3.63) is 39.7 Å². The molecule has 7 nitrogen and oxygen atoms in total. The summed E-state index contributed by atoms with van der Waals surface area (Å²) in [7, 11) is 0. The molecule has 1 aromatic heterocycles. The largest absolute Gasteiger partial charge is 0.371 e. The van der Waals surface area contributed by atoms with Crippen molar-refractivity contribution in [3.8, 4) is 0 Å². The van der Waals surface area contributed by atoms with Gasteiger partial charge in [-0.3, -0.25) is 14.7 Å². The van der Waals surface area contributed by atoms with Crippen LogP contribution in [0.25, 0.3) is 0 Å². The third-order valence-corrected chi connectivity index (χ3v) is 5.62. The minimum absolute atomic E-state index is 0.0987. The van der Waals surface area contributed by atoms with E-state index in [1.54, 1.807) is 6.07 Å². The second kappa shape index (κ2) is 6.32. The Morgan fingerprint density at radius 1 is 1.35 bits per heavy atom. The lowest BCUT2D eigenvalue weighted by Gasteiger charge is -2.28. The predicted molar refractivity (Wildman–Crippen MR) is 99.8 cm³/mol. The van der Waals surface area contributed by atoms with Gasteiger partial charge in [0.2, 0.25) is 5.91 Å². The Kier molecular flexibility index (Phi) is 4.11. The summed E-state index contributed by atoms with van der Waals surface area (Å²) in [6.07, 6.45) is 2.37. The Morgan fingerprint density at radius 2 is 2.08 bits per heavy atom. The molecule has 4 N–H and O–H groups in total. The van der Waals surface area contributed by atoms with E-state index in [4.69, 9.17) is 17.3 Å². The number of anilines is 2. The summed E-state index contributed by atoms with van der Waals surface area (Å²) in [6.45, 7) is 3.58. The molecule has 2 amide bonds. The molecule has 1 aromatic carbocycles. The normalized spacial score (nSPS) is 19.4. The maximum atomic E-state index is 12.3. The lowest BCUT2D eigenvalue weighted by Crippen LogP contribution is -2.28. The lowest BCUT2D eigenvalue weighted by molar-refractivity contribution is -0.116. The quantitative estimate of drug-likeness (QED) is 0.768. The fourth-order valence-electron chi connectivity index (χ4n) is 3.82. The summed E-state index contributed by atoms with van der Waals surface area (Å²) in [5.41, 5.74) is 9.77. The van der Waals surface area contributed by atoms with Gasteiger partial charge < -0.3 is 16.0 Å². The number of benzene rings is 1. The van der Waals surface area contributed by atoms with Gasteiger partial charge in [-0.15, -0.1) is 0 Å². The molecular weight excluding hydrogens is 354 g/mol. The highest BCUT2D eigenvalue weighted by molar-refractivity contribution is 6.32. The maximum absolute atomic E-state index is 12.3. The first-order valence-electron chi connectivity index (χ1n) is 8.68. The zero-order valence-corrected chi connectivity index (χ0v) is 15.2. The second-order valence-corrected chi connectivity index (χ2v) is 7.25. The van der Waals surface area contributed by atoms with Gasteiger partial charge in [-0.25, -0.2) is 0 Å². The van der Waals surface area contributed by atoms with Crippen molar-refractivity contribution in [3.63, 3.8) is 0 Å². The predicted octanol–water partition coefficient (Wildman–Crippen LogP) is 2.54. The number of aromatic nitrogens is 2. The molecule has 2 aliphatic rings. The number of aryl methyl sites for hydroxylation is 1. The molecule has 1 saturated heterocycles. The SMILES string of the molecule is Cc1[nH]nc(C2CC(=O)Nc3cc(N4CCCC4)c(C(N)=O)cc32)c1Cl. The van der Waals surface area contributed by atoms with Crippen molar-refractivity contribution in [2.24, 2.45) is 5.73 Å². The molecule has 1 unspecified atom stereocenters. The van der Waals surface area contributed by atoms with Crippen LogP contribution in [-0.4, -0.2) is 35.1 Å². The van der Waals surface area contributed by atoms with Gasteiger partial charge in [0.25, 0.3) is 5.91 Å². The van der Waals surface area contributed by atoms with Crippen LogP contribution in [0.5, 0.6) is 0 Å². The average Bonchev–Trinajstić information content (AvgIpc) is 3.24. The second-order valence-electron chi connectivity index (χ2n) is 6.87. The summed E-state index contributed by atoms with van der Waals surface area (Å²) in [5, 5.41) is 10.6. The molecular formula is C18H20ClN5O2. The van der Waals surface area contributed by atoms with E-state index in [1.165, 1.54) is 0 Å². The summed E-state index contributed by atoms with van der Waals surface area (Å²) >= 11 is 6.37. The zero-order chi connectivity index (χ0) is 18.4. The number of rotatable bonds is 3. The number of hydrogen-bond acceptors (Lipinski definition) is 4. The van der Waals surface area contributed by atoms with Crippen LogP contribution >= 0.6 is 11.6 Å². The number of aromatic amines is 1. The van der Waals surface area contributed by atoms with Gasteiger partial charge in [0, 0.05) is 31.1 Å². The van der Waals surface area contributed by atoms with Gasteiger partial charge in [0.05, 0.1) is 27.7 Å². The van der Waals surface area contributed by atoms with Crippen molar-refractivity contribution in [1.29, 1.82) is 0 Å². The van der Waals surface area contributed by atoms with Gasteiger partial charge in [-0.05, 0) is 37.5 Å². The fourth-order valence-corrected chi connectivity index (χ4v) is 4.04. The van der Waals surface area contributed by atoms with Crippen LogP contribution in [0, 0.1) is 6.92 Å². The molecule has 0 spiro atoms. The monoisotopic (exact) mass is 373 g/mol. The van der Waals surface area contributed by atoms with Crippen molar-refractivity contribution in [1.82, 2.24) is 10.2 Å². The highest BCUT2D eigenvalue weighted by Crippen LogP contribution is 2.42. The van der Waals surface area contributed by atoms with Crippen LogP contribution in [0.2, 0.25) is 5.02 Å². The highest BCUT2D eigenvalue weighted by Gasteiger charge is 2.33. The number of nitrogens with two attached hydrogens (primary N) is 1. The molecule has 4 rings (SSSR count). The number of primary amides is 1. The molecule has 0 aliphatic carbocycles. The number of H-pyrrole nitrogens is 1. The minimum atomic E-state index is -0.477. The molecule has 1 atom stereocenters. The minimum Gasteiger partial charge on any atom is -0.371 e. The Hall–Kier alpha value is -2.54. The zero-order valence-electron chi connectivity index (χ0n) is 14.4. The van der Waals surface area contributed by atoms with Crippen molar-refractivity contribution in [2.45, 2.75) is 32.1 Å². The van der Waals surface area contributed by atoms with Crippen molar-refractivity contribution in [2.75, 3.05) is 23.3 Å². The molecule has 136 valence electrons. The van der Waals surface area contributed by atoms with Gasteiger partial charge in [-0.2, -0.15) is 5.10 Å². The van der Waals surface area contributed by atoms with Crippen LogP contribution in [-0.2, 0) is 4.79 Å². The van der Waals surface area contributed by atoms with Crippen LogP contribution in [0.1, 0.15) is 52.5 Å². The first-order chi connectivity index (χ1) is 12.5. The smallest absolute Gasteiger partial charge is 0.250 e. The molecule has 26 heavy (non-hydrogen) atoms. The molecule has 2 aromatic rings. The highest BCUT2D eigenvalue weighted by atomic mass is 35.5. The molecule has 0 bridgehead atoms. The van der Waals surface area contributed by atoms with E-state index in [2.05, 4.69) is 20.4 Å². The van der Waals surface area contributed by atoms with E-state index in [-0.39, 0.29) is 18.2 Å². The Balaban J connectivity index is 1.87. The number of carbonyl (C=O) groups is 2. The first kappa shape index (κ1) is 16.9. The van der Waals surface area contributed by atoms with Gasteiger partial charge in [0.1, 0.15) is 0 Å². The number of hydrogen-bond donors (Lipinski definition) is 3. The maximum Gasteiger partial charge on any atom is 0.250 e. The molecule has 8 heteroatoms. The summed E-state index contributed by atoms with van der Waals surface area (Å²) in [5.74, 6) is -0.894. The third-order valence-electron chi connectivity index (χ3n) is 5.15. The van der Waals surface area contributed by atoms with Crippen molar-refractivity contribution < 1.29 is 9.59 Å². The number of nitrogens with one attached hydrogen (secondary N) is 2. The Morgan fingerprint density at radius 3 is 2.69 bits per heavy atom. The molecule has 0 radical (unpaired) electrons.